The molecular weight excluding hydrogens is 272 g/mol. The van der Waals surface area contributed by atoms with Crippen LogP contribution in [0.3, 0.4) is 0 Å². The molecule has 0 bridgehead atoms. The monoisotopic (exact) mass is 282 g/mol. The summed E-state index contributed by atoms with van der Waals surface area (Å²) < 4.78 is 1.54. The molecule has 0 saturated heterocycles. The molecule has 0 aliphatic carbocycles. The summed E-state index contributed by atoms with van der Waals surface area (Å²) in [6, 6.07) is 10.6. The van der Waals surface area contributed by atoms with E-state index in [9.17, 15) is 14.7 Å². The van der Waals surface area contributed by atoms with Gasteiger partial charge < -0.3 is 10.8 Å². The van der Waals surface area contributed by atoms with Crippen LogP contribution in [0.4, 0.5) is 0 Å². The van der Waals surface area contributed by atoms with E-state index in [-0.39, 0.29) is 17.0 Å². The third-order valence-corrected chi connectivity index (χ3v) is 3.02. The first-order valence-corrected chi connectivity index (χ1v) is 6.04. The SMILES string of the molecule is NC(=O)c1ncn2c(-c3ccccc3)cc(C(=O)O)nc12. The fourth-order valence-corrected chi connectivity index (χ4v) is 2.09. The van der Waals surface area contributed by atoms with Gasteiger partial charge in [-0.25, -0.2) is 14.8 Å². The number of rotatable bonds is 3. The number of amides is 1. The minimum Gasteiger partial charge on any atom is -0.477 e. The predicted molar refractivity (Wildman–Crippen MR) is 73.9 cm³/mol. The summed E-state index contributed by atoms with van der Waals surface area (Å²) in [7, 11) is 0. The molecule has 0 saturated carbocycles. The summed E-state index contributed by atoms with van der Waals surface area (Å²) in [5, 5.41) is 9.17. The maximum absolute atomic E-state index is 11.4. The van der Waals surface area contributed by atoms with Gasteiger partial charge >= 0.3 is 5.97 Å². The standard InChI is InChI=1S/C14H10N4O3/c15-12(19)11-13-17-9(14(20)21)6-10(18(13)7-16-11)8-4-2-1-3-5-8/h1-7H,(H2,15,19)(H,20,21). The van der Waals surface area contributed by atoms with Crippen molar-refractivity contribution in [2.24, 2.45) is 5.73 Å². The van der Waals surface area contributed by atoms with Crippen molar-refractivity contribution < 1.29 is 14.7 Å². The number of primary amides is 1. The molecule has 1 aromatic carbocycles. The van der Waals surface area contributed by atoms with E-state index in [1.807, 2.05) is 30.3 Å². The minimum absolute atomic E-state index is 0.0599. The molecule has 2 heterocycles. The Balaban J connectivity index is 2.38. The zero-order chi connectivity index (χ0) is 15.0. The van der Waals surface area contributed by atoms with Gasteiger partial charge in [0.05, 0.1) is 5.69 Å². The molecule has 0 fully saturated rings. The fraction of sp³-hybridized carbons (Fsp3) is 0. The van der Waals surface area contributed by atoms with E-state index in [0.29, 0.717) is 5.69 Å². The molecular formula is C14H10N4O3. The second kappa shape index (κ2) is 4.71. The molecule has 3 rings (SSSR count). The minimum atomic E-state index is -1.19. The van der Waals surface area contributed by atoms with Crippen LogP contribution < -0.4 is 5.73 Å². The Morgan fingerprint density at radius 1 is 1.19 bits per heavy atom. The Kier molecular flexibility index (Phi) is 2.87. The number of carboxylic acids is 1. The van der Waals surface area contributed by atoms with Gasteiger partial charge in [0.2, 0.25) is 0 Å². The third-order valence-electron chi connectivity index (χ3n) is 3.02. The maximum atomic E-state index is 11.4. The second-order valence-corrected chi connectivity index (χ2v) is 4.35. The highest BCUT2D eigenvalue weighted by Gasteiger charge is 2.18. The lowest BCUT2D eigenvalue weighted by Gasteiger charge is -2.07. The number of nitrogens with two attached hydrogens (primary N) is 1. The van der Waals surface area contributed by atoms with Crippen molar-refractivity contribution in [1.29, 1.82) is 0 Å². The Morgan fingerprint density at radius 2 is 1.90 bits per heavy atom. The Labute approximate surface area is 118 Å². The van der Waals surface area contributed by atoms with E-state index < -0.39 is 11.9 Å². The molecule has 21 heavy (non-hydrogen) atoms. The number of fused-ring (bicyclic) bond motifs is 1. The molecule has 0 aliphatic rings. The van der Waals surface area contributed by atoms with E-state index >= 15 is 0 Å². The molecule has 3 N–H and O–H groups in total. The van der Waals surface area contributed by atoms with Crippen LogP contribution in [-0.2, 0) is 0 Å². The van der Waals surface area contributed by atoms with Crippen LogP contribution in [0.15, 0.2) is 42.7 Å². The average molecular weight is 282 g/mol. The van der Waals surface area contributed by atoms with Crippen LogP contribution in [0, 0.1) is 0 Å². The largest absolute Gasteiger partial charge is 0.477 e. The van der Waals surface area contributed by atoms with Gasteiger partial charge in [-0.15, -0.1) is 0 Å². The van der Waals surface area contributed by atoms with Gasteiger partial charge in [0.1, 0.15) is 6.33 Å². The summed E-state index contributed by atoms with van der Waals surface area (Å²) in [6.45, 7) is 0. The quantitative estimate of drug-likeness (QED) is 0.749. The van der Waals surface area contributed by atoms with Gasteiger partial charge in [-0.05, 0) is 11.6 Å². The van der Waals surface area contributed by atoms with Crippen molar-refractivity contribution in [2.45, 2.75) is 0 Å². The van der Waals surface area contributed by atoms with Gasteiger partial charge in [0.25, 0.3) is 5.91 Å². The highest BCUT2D eigenvalue weighted by atomic mass is 16.4. The number of aromatic carboxylic acids is 1. The molecule has 0 atom stereocenters. The lowest BCUT2D eigenvalue weighted by atomic mass is 10.1. The van der Waals surface area contributed by atoms with Crippen LogP contribution >= 0.6 is 0 Å². The van der Waals surface area contributed by atoms with E-state index in [1.54, 1.807) is 4.40 Å². The molecule has 0 aliphatic heterocycles. The first kappa shape index (κ1) is 12.8. The van der Waals surface area contributed by atoms with Crippen LogP contribution in [0.2, 0.25) is 0 Å². The summed E-state index contributed by atoms with van der Waals surface area (Å²) in [5.41, 5.74) is 6.47. The fourth-order valence-electron chi connectivity index (χ4n) is 2.09. The summed E-state index contributed by atoms with van der Waals surface area (Å²) in [4.78, 5) is 30.4. The van der Waals surface area contributed by atoms with Crippen LogP contribution in [0.5, 0.6) is 0 Å². The van der Waals surface area contributed by atoms with Crippen molar-refractivity contribution in [2.75, 3.05) is 0 Å². The number of hydrogen-bond acceptors (Lipinski definition) is 4. The average Bonchev–Trinajstić information content (AvgIpc) is 2.91. The van der Waals surface area contributed by atoms with Crippen molar-refractivity contribution >= 4 is 17.5 Å². The number of carbonyl (C=O) groups is 2. The normalized spacial score (nSPS) is 10.7. The summed E-state index contributed by atoms with van der Waals surface area (Å²) >= 11 is 0. The molecule has 7 nitrogen and oxygen atoms in total. The zero-order valence-corrected chi connectivity index (χ0v) is 10.7. The van der Waals surface area contributed by atoms with Gasteiger partial charge in [-0.1, -0.05) is 30.3 Å². The van der Waals surface area contributed by atoms with Crippen molar-refractivity contribution in [3.8, 4) is 11.3 Å². The lowest BCUT2D eigenvalue weighted by Crippen LogP contribution is -2.13. The molecule has 1 amide bonds. The first-order valence-electron chi connectivity index (χ1n) is 6.04. The second-order valence-electron chi connectivity index (χ2n) is 4.35. The van der Waals surface area contributed by atoms with E-state index in [0.717, 1.165) is 5.56 Å². The van der Waals surface area contributed by atoms with Crippen LogP contribution in [0.25, 0.3) is 16.9 Å². The lowest BCUT2D eigenvalue weighted by molar-refractivity contribution is 0.0690. The van der Waals surface area contributed by atoms with Crippen LogP contribution in [-0.4, -0.2) is 31.4 Å². The van der Waals surface area contributed by atoms with Crippen molar-refractivity contribution in [3.63, 3.8) is 0 Å². The molecule has 0 radical (unpaired) electrons. The van der Waals surface area contributed by atoms with Gasteiger partial charge in [-0.3, -0.25) is 9.20 Å². The van der Waals surface area contributed by atoms with Crippen molar-refractivity contribution in [3.05, 3.63) is 54.1 Å². The number of nitrogens with zero attached hydrogens (tertiary/aromatic N) is 3. The van der Waals surface area contributed by atoms with Gasteiger partial charge in [0, 0.05) is 0 Å². The summed E-state index contributed by atoms with van der Waals surface area (Å²) in [5.74, 6) is -1.95. The number of benzene rings is 1. The Hall–Kier alpha value is -3.22. The summed E-state index contributed by atoms with van der Waals surface area (Å²) in [6.07, 6.45) is 1.40. The molecule has 0 spiro atoms. The smallest absolute Gasteiger partial charge is 0.354 e. The Bertz CT molecular complexity index is 855. The van der Waals surface area contributed by atoms with E-state index in [4.69, 9.17) is 5.73 Å². The van der Waals surface area contributed by atoms with Crippen molar-refractivity contribution in [1.82, 2.24) is 14.4 Å². The van der Waals surface area contributed by atoms with E-state index in [2.05, 4.69) is 9.97 Å². The predicted octanol–water partition coefficient (Wildman–Crippen LogP) is 1.19. The number of carboxylic acid groups (broad SMARTS) is 1. The molecule has 3 aromatic rings. The topological polar surface area (TPSA) is 111 Å². The number of hydrogen-bond donors (Lipinski definition) is 2. The third kappa shape index (κ3) is 2.10. The maximum Gasteiger partial charge on any atom is 0.354 e. The molecule has 7 heteroatoms. The molecule has 104 valence electrons. The number of imidazole rings is 1. The molecule has 2 aromatic heterocycles. The first-order chi connectivity index (χ1) is 10.1. The number of carbonyl (C=O) groups excluding carboxylic acids is 1. The zero-order valence-electron chi connectivity index (χ0n) is 10.7. The van der Waals surface area contributed by atoms with Gasteiger partial charge in [-0.2, -0.15) is 0 Å². The van der Waals surface area contributed by atoms with Crippen LogP contribution in [0.1, 0.15) is 21.0 Å². The highest BCUT2D eigenvalue weighted by Crippen LogP contribution is 2.22. The van der Waals surface area contributed by atoms with E-state index in [1.165, 1.54) is 12.4 Å². The Morgan fingerprint density at radius 3 is 2.52 bits per heavy atom. The highest BCUT2D eigenvalue weighted by molar-refractivity contribution is 5.98. The number of aromatic nitrogens is 3. The van der Waals surface area contributed by atoms with Gasteiger partial charge in [0.15, 0.2) is 17.0 Å². The molecule has 0 unspecified atom stereocenters.